The first-order valence-corrected chi connectivity index (χ1v) is 8.80. The van der Waals surface area contributed by atoms with Gasteiger partial charge in [-0.3, -0.25) is 0 Å². The molecule has 0 saturated heterocycles. The molecule has 0 saturated carbocycles. The zero-order valence-electron chi connectivity index (χ0n) is 14.8. The number of ether oxygens (including phenoxy) is 2. The van der Waals surface area contributed by atoms with Gasteiger partial charge in [0.05, 0.1) is 14.2 Å². The summed E-state index contributed by atoms with van der Waals surface area (Å²) in [4.78, 5) is 3.49. The molecule has 4 nitrogen and oxygen atoms in total. The molecule has 1 aromatic heterocycles. The highest BCUT2D eigenvalue weighted by molar-refractivity contribution is 5.81. The van der Waals surface area contributed by atoms with Crippen molar-refractivity contribution in [2.75, 3.05) is 14.2 Å². The van der Waals surface area contributed by atoms with Crippen LogP contribution in [0.5, 0.6) is 11.5 Å². The minimum absolute atomic E-state index is 0.501. The largest absolute Gasteiger partial charge is 0.497 e. The van der Waals surface area contributed by atoms with E-state index in [0.717, 1.165) is 36.4 Å². The van der Waals surface area contributed by atoms with Crippen molar-refractivity contribution in [1.82, 2.24) is 10.3 Å². The van der Waals surface area contributed by atoms with Crippen LogP contribution in [0.4, 0.5) is 0 Å². The molecule has 1 heterocycles. The van der Waals surface area contributed by atoms with Crippen molar-refractivity contribution in [2.24, 2.45) is 0 Å². The smallest absolute Gasteiger partial charge is 0.119 e. The number of fused-ring (bicyclic) bond motifs is 2. The summed E-state index contributed by atoms with van der Waals surface area (Å²) < 4.78 is 10.7. The topological polar surface area (TPSA) is 46.3 Å². The van der Waals surface area contributed by atoms with E-state index < -0.39 is 0 Å². The van der Waals surface area contributed by atoms with Crippen LogP contribution in [0.2, 0.25) is 0 Å². The molecule has 2 aromatic carbocycles. The molecule has 0 aliphatic heterocycles. The maximum atomic E-state index is 5.36. The van der Waals surface area contributed by atoms with Gasteiger partial charge in [0.2, 0.25) is 0 Å². The minimum Gasteiger partial charge on any atom is -0.497 e. The van der Waals surface area contributed by atoms with Crippen molar-refractivity contribution in [3.05, 3.63) is 59.3 Å². The van der Waals surface area contributed by atoms with E-state index in [4.69, 9.17) is 9.47 Å². The van der Waals surface area contributed by atoms with Gasteiger partial charge in [-0.2, -0.15) is 0 Å². The van der Waals surface area contributed by atoms with Gasteiger partial charge in [0, 0.05) is 29.2 Å². The molecule has 4 heteroatoms. The zero-order chi connectivity index (χ0) is 17.2. The SMILES string of the molecule is COc1ccc2c(c1)CC(NCc1cc3cc(OC)ccc3[nH]1)CC2. The highest BCUT2D eigenvalue weighted by Crippen LogP contribution is 2.26. The highest BCUT2D eigenvalue weighted by Gasteiger charge is 2.19. The summed E-state index contributed by atoms with van der Waals surface area (Å²) in [5.41, 5.74) is 5.22. The Balaban J connectivity index is 1.43. The third-order valence-electron chi connectivity index (χ3n) is 5.11. The van der Waals surface area contributed by atoms with E-state index in [9.17, 15) is 0 Å². The lowest BCUT2D eigenvalue weighted by Crippen LogP contribution is -2.34. The van der Waals surface area contributed by atoms with Crippen LogP contribution in [0, 0.1) is 0 Å². The molecular weight excluding hydrogens is 312 g/mol. The molecule has 1 aliphatic rings. The lowest BCUT2D eigenvalue weighted by molar-refractivity contribution is 0.410. The average Bonchev–Trinajstić information content (AvgIpc) is 3.07. The van der Waals surface area contributed by atoms with Gasteiger partial charge in [-0.1, -0.05) is 6.07 Å². The quantitative estimate of drug-likeness (QED) is 0.744. The van der Waals surface area contributed by atoms with E-state index >= 15 is 0 Å². The Hall–Kier alpha value is -2.46. The van der Waals surface area contributed by atoms with Crippen LogP contribution < -0.4 is 14.8 Å². The van der Waals surface area contributed by atoms with Crippen LogP contribution in [0.1, 0.15) is 23.2 Å². The molecular formula is C21H24N2O2. The van der Waals surface area contributed by atoms with E-state index in [1.54, 1.807) is 14.2 Å². The number of aromatic nitrogens is 1. The molecule has 0 amide bonds. The van der Waals surface area contributed by atoms with Crippen molar-refractivity contribution in [1.29, 1.82) is 0 Å². The Morgan fingerprint density at radius 1 is 1.00 bits per heavy atom. The number of hydrogen-bond acceptors (Lipinski definition) is 3. The normalized spacial score (nSPS) is 16.6. The third kappa shape index (κ3) is 3.35. The molecule has 0 fully saturated rings. The van der Waals surface area contributed by atoms with Crippen molar-refractivity contribution < 1.29 is 9.47 Å². The first-order chi connectivity index (χ1) is 12.2. The Labute approximate surface area is 148 Å². The molecule has 0 spiro atoms. The first kappa shape index (κ1) is 16.0. The summed E-state index contributed by atoms with van der Waals surface area (Å²) in [7, 11) is 3.43. The molecule has 2 N–H and O–H groups in total. The van der Waals surface area contributed by atoms with Crippen LogP contribution in [0.15, 0.2) is 42.5 Å². The fraction of sp³-hybridized carbons (Fsp3) is 0.333. The summed E-state index contributed by atoms with van der Waals surface area (Å²) in [5.74, 6) is 1.84. The van der Waals surface area contributed by atoms with Gasteiger partial charge in [-0.15, -0.1) is 0 Å². The number of H-pyrrole nitrogens is 1. The fourth-order valence-corrected chi connectivity index (χ4v) is 3.68. The minimum atomic E-state index is 0.501. The van der Waals surface area contributed by atoms with E-state index in [1.165, 1.54) is 28.6 Å². The predicted molar refractivity (Wildman–Crippen MR) is 100 cm³/mol. The summed E-state index contributed by atoms with van der Waals surface area (Å²) in [6.45, 7) is 0.848. The molecule has 1 atom stereocenters. The molecule has 3 aromatic rings. The average molecular weight is 336 g/mol. The van der Waals surface area contributed by atoms with E-state index in [-0.39, 0.29) is 0 Å². The van der Waals surface area contributed by atoms with Crippen molar-refractivity contribution in [3.63, 3.8) is 0 Å². The highest BCUT2D eigenvalue weighted by atomic mass is 16.5. The van der Waals surface area contributed by atoms with Crippen molar-refractivity contribution >= 4 is 10.9 Å². The number of aromatic amines is 1. The second kappa shape index (κ2) is 6.81. The second-order valence-corrected chi connectivity index (χ2v) is 6.70. The molecule has 4 rings (SSSR count). The van der Waals surface area contributed by atoms with Crippen molar-refractivity contribution in [2.45, 2.75) is 31.8 Å². The third-order valence-corrected chi connectivity index (χ3v) is 5.11. The lowest BCUT2D eigenvalue weighted by Gasteiger charge is -2.26. The van der Waals surface area contributed by atoms with Gasteiger partial charge in [0.1, 0.15) is 11.5 Å². The summed E-state index contributed by atoms with van der Waals surface area (Å²) in [6.07, 6.45) is 3.36. The Morgan fingerprint density at radius 2 is 1.80 bits per heavy atom. The van der Waals surface area contributed by atoms with Crippen LogP contribution in [0.3, 0.4) is 0 Å². The summed E-state index contributed by atoms with van der Waals surface area (Å²) in [5, 5.41) is 4.89. The number of hydrogen-bond donors (Lipinski definition) is 2. The number of methoxy groups -OCH3 is 2. The molecule has 0 radical (unpaired) electrons. The molecule has 25 heavy (non-hydrogen) atoms. The molecule has 130 valence electrons. The molecule has 0 bridgehead atoms. The number of nitrogens with one attached hydrogen (secondary N) is 2. The second-order valence-electron chi connectivity index (χ2n) is 6.70. The van der Waals surface area contributed by atoms with Gasteiger partial charge in [0.15, 0.2) is 0 Å². The zero-order valence-corrected chi connectivity index (χ0v) is 14.8. The van der Waals surface area contributed by atoms with Crippen LogP contribution >= 0.6 is 0 Å². The number of benzene rings is 2. The standard InChI is InChI=1S/C21H24N2O2/c1-24-19-6-4-14-3-5-17(9-15(14)11-19)22-13-18-10-16-12-20(25-2)7-8-21(16)23-18/h4,6-8,10-12,17,22-23H,3,5,9,13H2,1-2H3. The maximum Gasteiger partial charge on any atom is 0.119 e. The predicted octanol–water partition coefficient (Wildman–Crippen LogP) is 3.83. The lowest BCUT2D eigenvalue weighted by atomic mass is 9.88. The summed E-state index contributed by atoms with van der Waals surface area (Å²) >= 11 is 0. The van der Waals surface area contributed by atoms with Crippen LogP contribution in [-0.2, 0) is 19.4 Å². The first-order valence-electron chi connectivity index (χ1n) is 8.80. The Bertz CT molecular complexity index is 885. The van der Waals surface area contributed by atoms with Gasteiger partial charge in [0.25, 0.3) is 0 Å². The van der Waals surface area contributed by atoms with E-state index in [1.807, 2.05) is 6.07 Å². The van der Waals surface area contributed by atoms with E-state index in [2.05, 4.69) is 46.7 Å². The van der Waals surface area contributed by atoms with Gasteiger partial charge < -0.3 is 19.8 Å². The van der Waals surface area contributed by atoms with Crippen LogP contribution in [0.25, 0.3) is 10.9 Å². The van der Waals surface area contributed by atoms with Gasteiger partial charge in [-0.25, -0.2) is 0 Å². The number of aryl methyl sites for hydroxylation is 1. The van der Waals surface area contributed by atoms with Crippen molar-refractivity contribution in [3.8, 4) is 11.5 Å². The van der Waals surface area contributed by atoms with Gasteiger partial charge in [-0.05, 0) is 66.8 Å². The van der Waals surface area contributed by atoms with Crippen LogP contribution in [-0.4, -0.2) is 25.2 Å². The Morgan fingerprint density at radius 3 is 2.64 bits per heavy atom. The molecule has 1 unspecified atom stereocenters. The monoisotopic (exact) mass is 336 g/mol. The fourth-order valence-electron chi connectivity index (χ4n) is 3.68. The Kier molecular flexibility index (Phi) is 4.36. The van der Waals surface area contributed by atoms with E-state index in [0.29, 0.717) is 6.04 Å². The number of rotatable bonds is 5. The van der Waals surface area contributed by atoms with Gasteiger partial charge >= 0.3 is 0 Å². The maximum absolute atomic E-state index is 5.36. The summed E-state index contributed by atoms with van der Waals surface area (Å²) in [6, 6.07) is 15.3. The molecule has 1 aliphatic carbocycles.